The Bertz CT molecular complexity index is 907. The Balaban J connectivity index is 1.71. The molecule has 0 saturated carbocycles. The molecule has 0 bridgehead atoms. The number of methoxy groups -OCH3 is 1. The van der Waals surface area contributed by atoms with Crippen LogP contribution in [0.4, 0.5) is 10.2 Å². The molecule has 2 atom stereocenters. The zero-order valence-corrected chi connectivity index (χ0v) is 16.9. The highest BCUT2D eigenvalue weighted by Gasteiger charge is 2.21. The highest BCUT2D eigenvalue weighted by molar-refractivity contribution is 7.99. The summed E-state index contributed by atoms with van der Waals surface area (Å²) < 4.78 is 18.5. The van der Waals surface area contributed by atoms with Crippen molar-refractivity contribution in [2.45, 2.75) is 18.1 Å². The SMILES string of the molecule is COc1ccccc1C(C)C(CNc1cc(-c2ccc(F)nc2)ncn1)SC. The number of ether oxygens (including phenoxy) is 1. The van der Waals surface area contributed by atoms with E-state index >= 15 is 0 Å². The lowest BCUT2D eigenvalue weighted by molar-refractivity contribution is 0.406. The van der Waals surface area contributed by atoms with Crippen LogP contribution in [0.2, 0.25) is 0 Å². The van der Waals surface area contributed by atoms with Gasteiger partial charge in [-0.3, -0.25) is 0 Å². The van der Waals surface area contributed by atoms with Gasteiger partial charge in [0.2, 0.25) is 5.95 Å². The van der Waals surface area contributed by atoms with Gasteiger partial charge in [-0.05, 0) is 35.9 Å². The maximum Gasteiger partial charge on any atom is 0.212 e. The summed E-state index contributed by atoms with van der Waals surface area (Å²) in [6, 6.07) is 12.9. The second-order valence-electron chi connectivity index (χ2n) is 6.34. The fourth-order valence-corrected chi connectivity index (χ4v) is 3.86. The van der Waals surface area contributed by atoms with Gasteiger partial charge in [0.25, 0.3) is 0 Å². The largest absolute Gasteiger partial charge is 0.496 e. The maximum atomic E-state index is 13.0. The Labute approximate surface area is 168 Å². The van der Waals surface area contributed by atoms with Crippen LogP contribution in [-0.4, -0.2) is 40.1 Å². The molecule has 0 fully saturated rings. The van der Waals surface area contributed by atoms with E-state index in [0.29, 0.717) is 16.9 Å². The van der Waals surface area contributed by atoms with E-state index in [1.807, 2.05) is 24.3 Å². The number of para-hydroxylation sites is 1. The summed E-state index contributed by atoms with van der Waals surface area (Å²) in [5.74, 6) is 1.41. The molecule has 0 aliphatic heterocycles. The lowest BCUT2D eigenvalue weighted by atomic mass is 9.96. The fourth-order valence-electron chi connectivity index (χ4n) is 3.05. The molecule has 3 aromatic rings. The Morgan fingerprint density at radius 3 is 2.68 bits per heavy atom. The van der Waals surface area contributed by atoms with Gasteiger partial charge in [-0.25, -0.2) is 15.0 Å². The minimum Gasteiger partial charge on any atom is -0.496 e. The predicted octanol–water partition coefficient (Wildman–Crippen LogP) is 4.63. The van der Waals surface area contributed by atoms with Gasteiger partial charge in [-0.15, -0.1) is 0 Å². The molecule has 0 aliphatic carbocycles. The lowest BCUT2D eigenvalue weighted by Crippen LogP contribution is -2.23. The molecule has 0 amide bonds. The molecule has 2 unspecified atom stereocenters. The number of aromatic nitrogens is 3. The number of benzene rings is 1. The van der Waals surface area contributed by atoms with E-state index in [1.54, 1.807) is 24.9 Å². The van der Waals surface area contributed by atoms with Gasteiger partial charge in [0.15, 0.2) is 0 Å². The number of pyridine rings is 1. The van der Waals surface area contributed by atoms with Crippen LogP contribution in [0.25, 0.3) is 11.3 Å². The van der Waals surface area contributed by atoms with E-state index in [0.717, 1.165) is 23.7 Å². The quantitative estimate of drug-likeness (QED) is 0.558. The van der Waals surface area contributed by atoms with Crippen molar-refractivity contribution in [3.8, 4) is 17.0 Å². The van der Waals surface area contributed by atoms with Crippen molar-refractivity contribution in [1.29, 1.82) is 0 Å². The van der Waals surface area contributed by atoms with Crippen molar-refractivity contribution < 1.29 is 9.13 Å². The normalized spacial score (nSPS) is 13.0. The number of hydrogen-bond donors (Lipinski definition) is 1. The smallest absolute Gasteiger partial charge is 0.212 e. The molecule has 0 spiro atoms. The molecule has 3 rings (SSSR count). The number of anilines is 1. The summed E-state index contributed by atoms with van der Waals surface area (Å²) in [6.07, 6.45) is 5.07. The van der Waals surface area contributed by atoms with Gasteiger partial charge in [0.1, 0.15) is 17.9 Å². The van der Waals surface area contributed by atoms with Crippen LogP contribution in [0.3, 0.4) is 0 Å². The zero-order valence-electron chi connectivity index (χ0n) is 16.1. The van der Waals surface area contributed by atoms with E-state index in [1.165, 1.54) is 24.2 Å². The van der Waals surface area contributed by atoms with Crippen LogP contribution >= 0.6 is 11.8 Å². The van der Waals surface area contributed by atoms with Gasteiger partial charge in [0.05, 0.1) is 12.8 Å². The number of thioether (sulfide) groups is 1. The minimum absolute atomic E-state index is 0.293. The lowest BCUT2D eigenvalue weighted by Gasteiger charge is -2.24. The highest BCUT2D eigenvalue weighted by Crippen LogP contribution is 2.33. The topological polar surface area (TPSA) is 59.9 Å². The van der Waals surface area contributed by atoms with Crippen molar-refractivity contribution >= 4 is 17.6 Å². The first-order valence-electron chi connectivity index (χ1n) is 8.96. The molecule has 1 aromatic carbocycles. The van der Waals surface area contributed by atoms with E-state index in [9.17, 15) is 4.39 Å². The zero-order chi connectivity index (χ0) is 19.9. The van der Waals surface area contributed by atoms with Crippen LogP contribution in [-0.2, 0) is 0 Å². The van der Waals surface area contributed by atoms with Gasteiger partial charge < -0.3 is 10.1 Å². The highest BCUT2D eigenvalue weighted by atomic mass is 32.2. The van der Waals surface area contributed by atoms with Gasteiger partial charge >= 0.3 is 0 Å². The molecular formula is C21H23FN4OS. The summed E-state index contributed by atoms with van der Waals surface area (Å²) in [5, 5.41) is 3.72. The Morgan fingerprint density at radius 1 is 1.14 bits per heavy atom. The maximum absolute atomic E-state index is 13.0. The van der Waals surface area contributed by atoms with Crippen LogP contribution in [0.1, 0.15) is 18.4 Å². The summed E-state index contributed by atoms with van der Waals surface area (Å²) in [4.78, 5) is 12.2. The number of rotatable bonds is 8. The van der Waals surface area contributed by atoms with Crippen molar-refractivity contribution in [3.63, 3.8) is 0 Å². The third-order valence-electron chi connectivity index (χ3n) is 4.66. The Morgan fingerprint density at radius 2 is 1.96 bits per heavy atom. The summed E-state index contributed by atoms with van der Waals surface area (Å²) in [6.45, 7) is 2.94. The molecule has 2 heterocycles. The first kappa shape index (κ1) is 20.1. The second-order valence-corrected chi connectivity index (χ2v) is 7.42. The molecule has 146 valence electrons. The Hall–Kier alpha value is -2.67. The number of nitrogens with zero attached hydrogens (tertiary/aromatic N) is 3. The van der Waals surface area contributed by atoms with E-state index < -0.39 is 5.95 Å². The first-order valence-corrected chi connectivity index (χ1v) is 10.2. The predicted molar refractivity (Wildman–Crippen MR) is 112 cm³/mol. The standard InChI is InChI=1S/C21H23FN4OS/c1-14(16-6-4-5-7-18(16)27-2)19(28-3)12-24-21-10-17(25-13-26-21)15-8-9-20(22)23-11-15/h4-11,13-14,19H,12H2,1-3H3,(H,24,25,26). The molecule has 0 aliphatic rings. The molecule has 5 nitrogen and oxygen atoms in total. The van der Waals surface area contributed by atoms with Crippen molar-refractivity contribution in [3.05, 3.63) is 66.5 Å². The molecule has 0 radical (unpaired) electrons. The molecule has 28 heavy (non-hydrogen) atoms. The number of nitrogens with one attached hydrogen (secondary N) is 1. The van der Waals surface area contributed by atoms with Gasteiger partial charge in [-0.2, -0.15) is 16.2 Å². The Kier molecular flexibility index (Phi) is 6.81. The average Bonchev–Trinajstić information content (AvgIpc) is 2.74. The second kappa shape index (κ2) is 9.50. The minimum atomic E-state index is -0.510. The molecule has 2 aromatic heterocycles. The van der Waals surface area contributed by atoms with Crippen LogP contribution in [0.5, 0.6) is 5.75 Å². The molecular weight excluding hydrogens is 375 g/mol. The first-order chi connectivity index (χ1) is 13.6. The monoisotopic (exact) mass is 398 g/mol. The van der Waals surface area contributed by atoms with Gasteiger partial charge in [-0.1, -0.05) is 25.1 Å². The van der Waals surface area contributed by atoms with Crippen molar-refractivity contribution in [2.24, 2.45) is 0 Å². The molecule has 1 N–H and O–H groups in total. The average molecular weight is 399 g/mol. The van der Waals surface area contributed by atoms with Crippen LogP contribution in [0.15, 0.2) is 55.0 Å². The third-order valence-corrected chi connectivity index (χ3v) is 5.84. The number of hydrogen-bond acceptors (Lipinski definition) is 6. The third kappa shape index (κ3) is 4.78. The van der Waals surface area contributed by atoms with E-state index in [-0.39, 0.29) is 0 Å². The van der Waals surface area contributed by atoms with Crippen LogP contribution < -0.4 is 10.1 Å². The van der Waals surface area contributed by atoms with E-state index in [2.05, 4.69) is 39.5 Å². The van der Waals surface area contributed by atoms with Crippen molar-refractivity contribution in [1.82, 2.24) is 15.0 Å². The number of halogens is 1. The summed E-state index contributed by atoms with van der Waals surface area (Å²) in [5.41, 5.74) is 2.63. The fraction of sp³-hybridized carbons (Fsp3) is 0.286. The summed E-state index contributed by atoms with van der Waals surface area (Å²) >= 11 is 1.80. The molecule has 7 heteroatoms. The van der Waals surface area contributed by atoms with Crippen LogP contribution in [0, 0.1) is 5.95 Å². The van der Waals surface area contributed by atoms with Gasteiger partial charge in [0, 0.05) is 29.6 Å². The van der Waals surface area contributed by atoms with Crippen molar-refractivity contribution in [2.75, 3.05) is 25.2 Å². The van der Waals surface area contributed by atoms with E-state index in [4.69, 9.17) is 4.74 Å². The summed E-state index contributed by atoms with van der Waals surface area (Å²) in [7, 11) is 1.70. The molecule has 0 saturated heterocycles.